The van der Waals surface area contributed by atoms with Crippen LogP contribution < -0.4 is 4.90 Å². The van der Waals surface area contributed by atoms with Crippen LogP contribution in [0.4, 0.5) is 10.5 Å². The lowest BCUT2D eigenvalue weighted by molar-refractivity contribution is 0.165. The molecule has 3 rings (SSSR count). The highest BCUT2D eigenvalue weighted by Crippen LogP contribution is 2.33. The molecule has 0 bridgehead atoms. The van der Waals surface area contributed by atoms with Crippen LogP contribution in [0.25, 0.3) is 0 Å². The number of hydrogen-bond donors (Lipinski definition) is 0. The Morgan fingerprint density at radius 1 is 1.09 bits per heavy atom. The fraction of sp³-hybridized carbons (Fsp3) is 0.526. The normalized spacial score (nSPS) is 23.7. The van der Waals surface area contributed by atoms with E-state index in [1.54, 1.807) is 0 Å². The molecule has 1 saturated carbocycles. The van der Waals surface area contributed by atoms with Gasteiger partial charge in [0.2, 0.25) is 0 Å². The Morgan fingerprint density at radius 2 is 1.83 bits per heavy atom. The lowest BCUT2D eigenvalue weighted by Gasteiger charge is -2.37. The summed E-state index contributed by atoms with van der Waals surface area (Å²) in [5.41, 5.74) is 0.798. The first-order valence-corrected chi connectivity index (χ1v) is 9.07. The molecule has 2 fully saturated rings. The van der Waals surface area contributed by atoms with E-state index in [0.29, 0.717) is 11.1 Å². The Bertz CT molecular complexity index is 568. The van der Waals surface area contributed by atoms with E-state index in [9.17, 15) is 4.79 Å². The van der Waals surface area contributed by atoms with Gasteiger partial charge in [0.25, 0.3) is 0 Å². The summed E-state index contributed by atoms with van der Waals surface area (Å²) in [5.74, 6) is 0. The van der Waals surface area contributed by atoms with Gasteiger partial charge in [-0.05, 0) is 37.8 Å². The average Bonchev–Trinajstić information content (AvgIpc) is 2.75. The lowest BCUT2D eigenvalue weighted by atomic mass is 9.94. The Balaban J connectivity index is 1.93. The second-order valence-electron chi connectivity index (χ2n) is 6.53. The number of para-hydroxylation sites is 1. The fourth-order valence-electron chi connectivity index (χ4n) is 3.86. The highest BCUT2D eigenvalue weighted by Gasteiger charge is 2.35. The minimum Gasteiger partial charge on any atom is -0.321 e. The number of carbonyl (C=O) groups excluding carboxylic acids is 1. The van der Waals surface area contributed by atoms with E-state index < -0.39 is 0 Å². The first kappa shape index (κ1) is 16.4. The number of rotatable bonds is 3. The summed E-state index contributed by atoms with van der Waals surface area (Å²) in [6, 6.07) is 8.09. The van der Waals surface area contributed by atoms with Gasteiger partial charge in [-0.2, -0.15) is 0 Å². The summed E-state index contributed by atoms with van der Waals surface area (Å²) < 4.78 is 0. The van der Waals surface area contributed by atoms with Crippen LogP contribution in [0.1, 0.15) is 44.9 Å². The quantitative estimate of drug-likeness (QED) is 0.693. The van der Waals surface area contributed by atoms with E-state index in [-0.39, 0.29) is 12.1 Å². The third kappa shape index (κ3) is 3.40. The number of anilines is 1. The molecule has 1 atom stereocenters. The maximum absolute atomic E-state index is 13.3. The zero-order chi connectivity index (χ0) is 16.2. The molecule has 1 saturated heterocycles. The van der Waals surface area contributed by atoms with E-state index in [1.807, 2.05) is 35.2 Å². The van der Waals surface area contributed by atoms with E-state index in [2.05, 4.69) is 11.5 Å². The van der Waals surface area contributed by atoms with Crippen molar-refractivity contribution >= 4 is 23.3 Å². The third-order valence-corrected chi connectivity index (χ3v) is 5.40. The number of halogens is 1. The molecule has 0 spiro atoms. The predicted molar refractivity (Wildman–Crippen MR) is 96.1 cm³/mol. The van der Waals surface area contributed by atoms with Crippen molar-refractivity contribution in [1.82, 2.24) is 4.90 Å². The molecule has 1 aliphatic carbocycles. The monoisotopic (exact) mass is 332 g/mol. The highest BCUT2D eigenvalue weighted by molar-refractivity contribution is 6.33. The van der Waals surface area contributed by atoms with Crippen molar-refractivity contribution in [2.24, 2.45) is 0 Å². The third-order valence-electron chi connectivity index (χ3n) is 5.08. The second-order valence-corrected chi connectivity index (χ2v) is 6.94. The van der Waals surface area contributed by atoms with Crippen molar-refractivity contribution in [1.29, 1.82) is 0 Å². The molecule has 1 heterocycles. The molecular formula is C19H25ClN2O. The van der Waals surface area contributed by atoms with Gasteiger partial charge in [-0.25, -0.2) is 4.79 Å². The van der Waals surface area contributed by atoms with Gasteiger partial charge >= 0.3 is 6.03 Å². The van der Waals surface area contributed by atoms with Crippen LogP contribution in [0.3, 0.4) is 0 Å². The molecule has 0 aromatic heterocycles. The SMILES string of the molecule is C=CC1CCCN(C2CCCCC2)C(=O)N1c1ccccc1Cl. The summed E-state index contributed by atoms with van der Waals surface area (Å²) >= 11 is 6.39. The second kappa shape index (κ2) is 7.39. The molecule has 4 heteroatoms. The van der Waals surface area contributed by atoms with Gasteiger partial charge in [-0.15, -0.1) is 6.58 Å². The first-order valence-electron chi connectivity index (χ1n) is 8.69. The summed E-state index contributed by atoms with van der Waals surface area (Å²) in [6.45, 7) is 4.79. The Hall–Kier alpha value is -1.48. The number of amides is 2. The summed E-state index contributed by atoms with van der Waals surface area (Å²) in [7, 11) is 0. The number of benzene rings is 1. The lowest BCUT2D eigenvalue weighted by Crippen LogP contribution is -2.50. The van der Waals surface area contributed by atoms with Crippen LogP contribution in [0.5, 0.6) is 0 Å². The van der Waals surface area contributed by atoms with Gasteiger partial charge in [0.1, 0.15) is 0 Å². The minimum atomic E-state index is 0.0102. The summed E-state index contributed by atoms with van der Waals surface area (Å²) in [4.78, 5) is 17.3. The minimum absolute atomic E-state index is 0.0102. The van der Waals surface area contributed by atoms with Crippen LogP contribution in [-0.2, 0) is 0 Å². The molecule has 0 radical (unpaired) electrons. The molecule has 1 aliphatic heterocycles. The fourth-order valence-corrected chi connectivity index (χ4v) is 4.09. The van der Waals surface area contributed by atoms with Crippen LogP contribution in [0.2, 0.25) is 5.02 Å². The molecule has 3 nitrogen and oxygen atoms in total. The molecular weight excluding hydrogens is 308 g/mol. The van der Waals surface area contributed by atoms with E-state index in [1.165, 1.54) is 19.3 Å². The Kier molecular flexibility index (Phi) is 5.27. The van der Waals surface area contributed by atoms with Crippen LogP contribution in [0.15, 0.2) is 36.9 Å². The summed E-state index contributed by atoms with van der Waals surface area (Å²) in [6.07, 6.45) is 9.83. The zero-order valence-electron chi connectivity index (χ0n) is 13.6. The van der Waals surface area contributed by atoms with Crippen molar-refractivity contribution < 1.29 is 4.79 Å². The van der Waals surface area contributed by atoms with E-state index in [0.717, 1.165) is 37.9 Å². The molecule has 1 unspecified atom stereocenters. The topological polar surface area (TPSA) is 23.6 Å². The van der Waals surface area contributed by atoms with Crippen LogP contribution in [-0.4, -0.2) is 29.6 Å². The number of hydrogen-bond acceptors (Lipinski definition) is 1. The predicted octanol–water partition coefficient (Wildman–Crippen LogP) is 5.25. The van der Waals surface area contributed by atoms with Gasteiger partial charge in [0, 0.05) is 12.6 Å². The standard InChI is InChI=1S/C19H25ClN2O/c1-2-15-11-8-14-21(16-9-4-3-5-10-16)19(23)22(15)18-13-7-6-12-17(18)20/h2,6-7,12-13,15-16H,1,3-5,8-11,14H2. The number of urea groups is 1. The zero-order valence-corrected chi connectivity index (χ0v) is 14.3. The van der Waals surface area contributed by atoms with Gasteiger partial charge in [-0.1, -0.05) is 49.1 Å². The van der Waals surface area contributed by atoms with Crippen molar-refractivity contribution in [2.45, 2.75) is 57.0 Å². The van der Waals surface area contributed by atoms with Crippen molar-refractivity contribution in [3.63, 3.8) is 0 Å². The number of nitrogens with zero attached hydrogens (tertiary/aromatic N) is 2. The molecule has 124 valence electrons. The Labute approximate surface area is 143 Å². The highest BCUT2D eigenvalue weighted by atomic mass is 35.5. The Morgan fingerprint density at radius 3 is 2.52 bits per heavy atom. The smallest absolute Gasteiger partial charge is 0.321 e. The maximum Gasteiger partial charge on any atom is 0.325 e. The maximum atomic E-state index is 13.3. The van der Waals surface area contributed by atoms with Gasteiger partial charge < -0.3 is 4.90 Å². The number of carbonyl (C=O) groups is 1. The summed E-state index contributed by atoms with van der Waals surface area (Å²) in [5, 5.41) is 0.623. The van der Waals surface area contributed by atoms with Crippen LogP contribution >= 0.6 is 11.6 Å². The molecule has 2 amide bonds. The molecule has 1 aromatic carbocycles. The molecule has 1 aromatic rings. The van der Waals surface area contributed by atoms with Crippen molar-refractivity contribution in [3.05, 3.63) is 41.9 Å². The van der Waals surface area contributed by atoms with Gasteiger partial charge in [0.05, 0.1) is 16.8 Å². The van der Waals surface area contributed by atoms with Gasteiger partial charge in [0.15, 0.2) is 0 Å². The largest absolute Gasteiger partial charge is 0.325 e. The first-order chi connectivity index (χ1) is 11.2. The van der Waals surface area contributed by atoms with Gasteiger partial charge in [-0.3, -0.25) is 4.90 Å². The van der Waals surface area contributed by atoms with Crippen molar-refractivity contribution in [3.8, 4) is 0 Å². The molecule has 2 aliphatic rings. The van der Waals surface area contributed by atoms with E-state index in [4.69, 9.17) is 11.6 Å². The van der Waals surface area contributed by atoms with Crippen molar-refractivity contribution in [2.75, 3.05) is 11.4 Å². The van der Waals surface area contributed by atoms with Crippen LogP contribution in [0, 0.1) is 0 Å². The molecule has 23 heavy (non-hydrogen) atoms. The van der Waals surface area contributed by atoms with E-state index >= 15 is 0 Å². The molecule has 0 N–H and O–H groups in total. The average molecular weight is 333 g/mol.